The van der Waals surface area contributed by atoms with Crippen molar-refractivity contribution in [2.24, 2.45) is 9.98 Å². The number of para-hydroxylation sites is 4. The first-order valence-electron chi connectivity index (χ1n) is 14.3. The second-order valence-electron chi connectivity index (χ2n) is 10.7. The zero-order valence-electron chi connectivity index (χ0n) is 25.1. The van der Waals surface area contributed by atoms with Gasteiger partial charge in [0, 0.05) is 28.5 Å². The molecule has 0 radical (unpaired) electrons. The molecule has 0 heterocycles. The Labute approximate surface area is 250 Å². The van der Waals surface area contributed by atoms with Gasteiger partial charge in [-0.05, 0) is 117 Å². The molecule has 5 rings (SSSR count). The van der Waals surface area contributed by atoms with E-state index in [4.69, 9.17) is 9.98 Å². The van der Waals surface area contributed by atoms with Crippen molar-refractivity contribution in [3.8, 4) is 0 Å². The van der Waals surface area contributed by atoms with Gasteiger partial charge in [0.25, 0.3) is 0 Å². The van der Waals surface area contributed by atoms with Crippen molar-refractivity contribution >= 4 is 39.9 Å². The van der Waals surface area contributed by atoms with Crippen LogP contribution in [0.5, 0.6) is 0 Å². The van der Waals surface area contributed by atoms with Crippen LogP contribution in [0, 0.1) is 20.8 Å². The summed E-state index contributed by atoms with van der Waals surface area (Å²) >= 11 is 0. The Morgan fingerprint density at radius 1 is 0.524 bits per heavy atom. The van der Waals surface area contributed by atoms with Crippen LogP contribution in [0.15, 0.2) is 138 Å². The Morgan fingerprint density at radius 2 is 0.952 bits per heavy atom. The average molecular weight is 548 g/mol. The number of anilines is 2. The Morgan fingerprint density at radius 3 is 1.45 bits per heavy atom. The van der Waals surface area contributed by atoms with E-state index in [0.717, 1.165) is 67.7 Å². The van der Waals surface area contributed by atoms with Crippen LogP contribution < -0.4 is 4.90 Å². The molecule has 42 heavy (non-hydrogen) atoms. The van der Waals surface area contributed by atoms with E-state index in [-0.39, 0.29) is 0 Å². The van der Waals surface area contributed by atoms with Crippen molar-refractivity contribution in [3.05, 3.63) is 161 Å². The monoisotopic (exact) mass is 547 g/mol. The Kier molecular flexibility index (Phi) is 8.59. The van der Waals surface area contributed by atoms with E-state index < -0.39 is 0 Å². The Hall–Kier alpha value is -5.02. The number of rotatable bonds is 8. The Balaban J connectivity index is 1.68. The third kappa shape index (κ3) is 6.31. The molecule has 0 saturated carbocycles. The molecule has 5 aromatic rings. The lowest BCUT2D eigenvalue weighted by Crippen LogP contribution is -2.16. The van der Waals surface area contributed by atoms with E-state index in [1.165, 1.54) is 5.56 Å². The summed E-state index contributed by atoms with van der Waals surface area (Å²) in [6.45, 7) is 15.1. The number of nitrogens with zero attached hydrogens (tertiary/aromatic N) is 3. The molecule has 5 aromatic carbocycles. The number of benzene rings is 5. The molecule has 0 atom stereocenters. The maximum atomic E-state index is 5.04. The summed E-state index contributed by atoms with van der Waals surface area (Å²) in [7, 11) is 0. The zero-order valence-corrected chi connectivity index (χ0v) is 25.1. The molecule has 0 spiro atoms. The fourth-order valence-corrected chi connectivity index (χ4v) is 5.04. The molecule has 0 aliphatic carbocycles. The SMILES string of the molecule is C=C(c1cc(/C(C)=N/c2ccccc2C)cc(/C(C)=N/c2ccccc2C)c1)N(c1ccccc1)c1ccccc1C. The number of hydrogen-bond donors (Lipinski definition) is 0. The molecular weight excluding hydrogens is 510 g/mol. The van der Waals surface area contributed by atoms with E-state index in [2.05, 4.69) is 137 Å². The second-order valence-corrected chi connectivity index (χ2v) is 10.7. The van der Waals surface area contributed by atoms with Gasteiger partial charge in [-0.25, -0.2) is 0 Å². The predicted molar refractivity (Wildman–Crippen MR) is 181 cm³/mol. The predicted octanol–water partition coefficient (Wildman–Crippen LogP) is 10.7. The van der Waals surface area contributed by atoms with E-state index >= 15 is 0 Å². The van der Waals surface area contributed by atoms with Crippen molar-refractivity contribution in [1.29, 1.82) is 0 Å². The molecule has 0 fully saturated rings. The van der Waals surface area contributed by atoms with E-state index in [9.17, 15) is 0 Å². The third-order valence-electron chi connectivity index (χ3n) is 7.55. The lowest BCUT2D eigenvalue weighted by Gasteiger charge is -2.29. The van der Waals surface area contributed by atoms with Gasteiger partial charge in [0.15, 0.2) is 0 Å². The number of aliphatic imine (C=N–C) groups is 2. The van der Waals surface area contributed by atoms with Crippen molar-refractivity contribution < 1.29 is 0 Å². The standard InChI is InChI=1S/C39H37N3/c1-27-16-10-13-21-37(27)40-30(4)33-24-34(31(5)41-38-22-14-11-17-28(38)2)26-35(25-33)32(6)42(36-19-8-7-9-20-36)39-23-15-12-18-29(39)3/h7-26H,6H2,1-5H3/b40-30+,41-31+. The summed E-state index contributed by atoms with van der Waals surface area (Å²) < 4.78 is 0. The van der Waals surface area contributed by atoms with Gasteiger partial charge >= 0.3 is 0 Å². The molecule has 0 aliphatic heterocycles. The second kappa shape index (κ2) is 12.7. The molecule has 0 saturated heterocycles. The summed E-state index contributed by atoms with van der Waals surface area (Å²) in [5.41, 5.74) is 13.4. The number of aryl methyl sites for hydroxylation is 3. The van der Waals surface area contributed by atoms with Crippen molar-refractivity contribution in [2.75, 3.05) is 4.90 Å². The van der Waals surface area contributed by atoms with E-state index in [0.29, 0.717) is 0 Å². The van der Waals surface area contributed by atoms with Crippen LogP contribution in [-0.4, -0.2) is 11.4 Å². The molecule has 208 valence electrons. The van der Waals surface area contributed by atoms with Crippen molar-refractivity contribution in [1.82, 2.24) is 0 Å². The fourth-order valence-electron chi connectivity index (χ4n) is 5.04. The quantitative estimate of drug-likeness (QED) is 0.178. The summed E-state index contributed by atoms with van der Waals surface area (Å²) in [6.07, 6.45) is 0. The van der Waals surface area contributed by atoms with Crippen LogP contribution in [0.3, 0.4) is 0 Å². The van der Waals surface area contributed by atoms with Gasteiger partial charge in [0.1, 0.15) is 0 Å². The van der Waals surface area contributed by atoms with Gasteiger partial charge in [-0.1, -0.05) is 79.4 Å². The van der Waals surface area contributed by atoms with E-state index in [1.54, 1.807) is 0 Å². The Bertz CT molecular complexity index is 1710. The normalized spacial score (nSPS) is 11.8. The first kappa shape index (κ1) is 28.5. The highest BCUT2D eigenvalue weighted by Gasteiger charge is 2.18. The molecule has 0 aliphatic rings. The van der Waals surface area contributed by atoms with Gasteiger partial charge in [-0.2, -0.15) is 0 Å². The molecular formula is C39H37N3. The zero-order chi connectivity index (χ0) is 29.6. The van der Waals surface area contributed by atoms with Crippen LogP contribution in [0.25, 0.3) is 5.70 Å². The largest absolute Gasteiger partial charge is 0.310 e. The minimum absolute atomic E-state index is 0.881. The molecule has 3 nitrogen and oxygen atoms in total. The highest BCUT2D eigenvalue weighted by atomic mass is 15.1. The fraction of sp³-hybridized carbons (Fsp3) is 0.128. The highest BCUT2D eigenvalue weighted by molar-refractivity contribution is 6.07. The van der Waals surface area contributed by atoms with Gasteiger partial charge in [0.2, 0.25) is 0 Å². The number of hydrogen-bond acceptors (Lipinski definition) is 3. The lowest BCUT2D eigenvalue weighted by molar-refractivity contribution is 1.26. The summed E-state index contributed by atoms with van der Waals surface area (Å²) in [4.78, 5) is 12.3. The smallest absolute Gasteiger partial charge is 0.0662 e. The van der Waals surface area contributed by atoms with E-state index in [1.807, 2.05) is 30.3 Å². The summed E-state index contributed by atoms with van der Waals surface area (Å²) in [5.74, 6) is 0. The van der Waals surface area contributed by atoms with Gasteiger partial charge in [0.05, 0.1) is 11.4 Å². The van der Waals surface area contributed by atoms with Crippen LogP contribution in [0.4, 0.5) is 22.7 Å². The van der Waals surface area contributed by atoms with Crippen LogP contribution in [0.2, 0.25) is 0 Å². The molecule has 0 amide bonds. The molecule has 3 heteroatoms. The van der Waals surface area contributed by atoms with Crippen molar-refractivity contribution in [2.45, 2.75) is 34.6 Å². The maximum Gasteiger partial charge on any atom is 0.0662 e. The van der Waals surface area contributed by atoms with Gasteiger partial charge in [-0.15, -0.1) is 0 Å². The lowest BCUT2D eigenvalue weighted by atomic mass is 9.97. The topological polar surface area (TPSA) is 28.0 Å². The molecule has 0 unspecified atom stereocenters. The molecule has 0 aromatic heterocycles. The third-order valence-corrected chi connectivity index (χ3v) is 7.55. The van der Waals surface area contributed by atoms with Crippen LogP contribution in [-0.2, 0) is 0 Å². The van der Waals surface area contributed by atoms with Crippen molar-refractivity contribution in [3.63, 3.8) is 0 Å². The first-order valence-corrected chi connectivity index (χ1v) is 14.3. The molecule has 0 N–H and O–H groups in total. The van der Waals surface area contributed by atoms with Gasteiger partial charge < -0.3 is 4.90 Å². The summed E-state index contributed by atoms with van der Waals surface area (Å²) in [5, 5.41) is 0. The maximum absolute atomic E-state index is 5.04. The summed E-state index contributed by atoms with van der Waals surface area (Å²) in [6, 6.07) is 41.9. The van der Waals surface area contributed by atoms with Crippen LogP contribution in [0.1, 0.15) is 47.2 Å². The minimum atomic E-state index is 0.881. The average Bonchev–Trinajstić information content (AvgIpc) is 3.00. The molecule has 0 bridgehead atoms. The van der Waals surface area contributed by atoms with Crippen LogP contribution >= 0.6 is 0 Å². The first-order chi connectivity index (χ1) is 20.3. The van der Waals surface area contributed by atoms with Gasteiger partial charge in [-0.3, -0.25) is 9.98 Å². The highest BCUT2D eigenvalue weighted by Crippen LogP contribution is 2.36. The minimum Gasteiger partial charge on any atom is -0.310 e.